The van der Waals surface area contributed by atoms with Crippen molar-refractivity contribution in [3.8, 4) is 11.5 Å². The third kappa shape index (κ3) is 3.81. The molecule has 1 aliphatic heterocycles. The molecule has 0 radical (unpaired) electrons. The Morgan fingerprint density at radius 1 is 1.09 bits per heavy atom. The summed E-state index contributed by atoms with van der Waals surface area (Å²) in [5.41, 5.74) is 0.952. The highest BCUT2D eigenvalue weighted by molar-refractivity contribution is 5.99. The second-order valence-electron chi connectivity index (χ2n) is 5.55. The highest BCUT2D eigenvalue weighted by Gasteiger charge is 2.17. The van der Waals surface area contributed by atoms with Crippen molar-refractivity contribution in [1.29, 1.82) is 0 Å². The van der Waals surface area contributed by atoms with Crippen LogP contribution in [0.3, 0.4) is 0 Å². The molecule has 1 unspecified atom stereocenters. The predicted molar refractivity (Wildman–Crippen MR) is 87.3 cm³/mol. The van der Waals surface area contributed by atoms with Crippen LogP contribution in [-0.4, -0.2) is 65.8 Å². The van der Waals surface area contributed by atoms with Gasteiger partial charge in [-0.15, -0.1) is 0 Å². The van der Waals surface area contributed by atoms with Gasteiger partial charge in [-0.2, -0.15) is 0 Å². The quantitative estimate of drug-likeness (QED) is 0.719. The second-order valence-corrected chi connectivity index (χ2v) is 5.55. The average Bonchev–Trinajstić information content (AvgIpc) is 2.47. The van der Waals surface area contributed by atoms with E-state index in [-0.39, 0.29) is 17.7 Å². The molecule has 22 heavy (non-hydrogen) atoms. The van der Waals surface area contributed by atoms with Crippen LogP contribution in [0.1, 0.15) is 12.5 Å². The van der Waals surface area contributed by atoms with Crippen molar-refractivity contribution in [3.63, 3.8) is 0 Å². The van der Waals surface area contributed by atoms with E-state index >= 15 is 0 Å². The van der Waals surface area contributed by atoms with Gasteiger partial charge in [0.2, 0.25) is 11.9 Å². The Kier molecular flexibility index (Phi) is 4.75. The van der Waals surface area contributed by atoms with Gasteiger partial charge in [-0.25, -0.2) is 9.98 Å². The van der Waals surface area contributed by atoms with Crippen molar-refractivity contribution in [2.24, 2.45) is 9.98 Å². The number of phenolic OH excluding ortho intramolecular Hbond substituents is 2. The van der Waals surface area contributed by atoms with E-state index in [1.165, 1.54) is 6.07 Å². The first-order valence-corrected chi connectivity index (χ1v) is 7.18. The summed E-state index contributed by atoms with van der Waals surface area (Å²) in [6.07, 6.45) is 0.613. The van der Waals surface area contributed by atoms with Crippen LogP contribution in [0.25, 0.3) is 0 Å². The summed E-state index contributed by atoms with van der Waals surface area (Å²) in [7, 11) is 5.82. The zero-order chi connectivity index (χ0) is 16.3. The number of nitrogens with one attached hydrogen (secondary N) is 1. The molecule has 0 aliphatic carbocycles. The molecular weight excluding hydrogens is 282 g/mol. The first-order chi connectivity index (χ1) is 10.4. The lowest BCUT2D eigenvalue weighted by atomic mass is 10.1. The molecule has 0 aromatic heterocycles. The smallest absolute Gasteiger partial charge is 0.202 e. The molecule has 2 rings (SSSR count). The number of hydrogen-bond donors (Lipinski definition) is 3. The lowest BCUT2D eigenvalue weighted by molar-refractivity contribution is 0.402. The third-order valence-corrected chi connectivity index (χ3v) is 3.40. The number of benzene rings is 1. The van der Waals surface area contributed by atoms with Gasteiger partial charge in [0.25, 0.3) is 0 Å². The van der Waals surface area contributed by atoms with E-state index in [0.29, 0.717) is 0 Å². The molecule has 3 N–H and O–H groups in total. The zero-order valence-electron chi connectivity index (χ0n) is 13.4. The Morgan fingerprint density at radius 3 is 2.41 bits per heavy atom. The van der Waals surface area contributed by atoms with E-state index in [1.807, 2.05) is 37.9 Å². The lowest BCUT2D eigenvalue weighted by Crippen LogP contribution is -2.50. The SMILES string of the molecule is CC1N=C(N(C)C)NC(N(C)CCc2ccc(O)c(O)c2)=N1. The first kappa shape index (κ1) is 15.9. The Labute approximate surface area is 130 Å². The van der Waals surface area contributed by atoms with Gasteiger partial charge in [0, 0.05) is 27.7 Å². The van der Waals surface area contributed by atoms with Gasteiger partial charge < -0.3 is 20.0 Å². The summed E-state index contributed by atoms with van der Waals surface area (Å²) in [5, 5.41) is 22.1. The van der Waals surface area contributed by atoms with Crippen LogP contribution >= 0.6 is 0 Å². The number of hydrogen-bond acceptors (Lipinski definition) is 7. The molecule has 0 amide bonds. The normalized spacial score (nSPS) is 17.4. The lowest BCUT2D eigenvalue weighted by Gasteiger charge is -2.29. The summed E-state index contributed by atoms with van der Waals surface area (Å²) in [6.45, 7) is 2.67. The van der Waals surface area contributed by atoms with Crippen LogP contribution in [0, 0.1) is 0 Å². The molecule has 0 spiro atoms. The summed E-state index contributed by atoms with van der Waals surface area (Å²) in [4.78, 5) is 12.8. The van der Waals surface area contributed by atoms with Crippen LogP contribution in [0.15, 0.2) is 28.2 Å². The number of guanidine groups is 2. The van der Waals surface area contributed by atoms with E-state index in [1.54, 1.807) is 12.1 Å². The molecule has 0 fully saturated rings. The number of likely N-dealkylation sites (N-methyl/N-ethyl adjacent to an activating group) is 1. The summed E-state index contributed by atoms with van der Waals surface area (Å²) in [6, 6.07) is 4.88. The minimum Gasteiger partial charge on any atom is -0.504 e. The predicted octanol–water partition coefficient (Wildman–Crippen LogP) is 0.795. The van der Waals surface area contributed by atoms with Gasteiger partial charge in [-0.05, 0) is 31.0 Å². The summed E-state index contributed by atoms with van der Waals surface area (Å²) >= 11 is 0. The minimum absolute atomic E-state index is 0.0936. The Hall–Kier alpha value is -2.44. The molecule has 0 bridgehead atoms. The molecule has 1 aromatic carbocycles. The van der Waals surface area contributed by atoms with Gasteiger partial charge >= 0.3 is 0 Å². The van der Waals surface area contributed by atoms with E-state index in [0.717, 1.165) is 30.4 Å². The van der Waals surface area contributed by atoms with Gasteiger partial charge in [0.1, 0.15) is 6.17 Å². The fourth-order valence-electron chi connectivity index (χ4n) is 2.10. The van der Waals surface area contributed by atoms with Gasteiger partial charge in [-0.1, -0.05) is 6.07 Å². The largest absolute Gasteiger partial charge is 0.504 e. The fraction of sp³-hybridized carbons (Fsp3) is 0.467. The summed E-state index contributed by atoms with van der Waals surface area (Å²) < 4.78 is 0. The first-order valence-electron chi connectivity index (χ1n) is 7.18. The van der Waals surface area contributed by atoms with Crippen LogP contribution in [0.4, 0.5) is 0 Å². The fourth-order valence-corrected chi connectivity index (χ4v) is 2.10. The molecule has 120 valence electrons. The molecule has 1 aromatic rings. The van der Waals surface area contributed by atoms with Crippen molar-refractivity contribution in [2.45, 2.75) is 19.5 Å². The van der Waals surface area contributed by atoms with E-state index < -0.39 is 0 Å². The minimum atomic E-state index is -0.117. The number of rotatable bonds is 3. The maximum Gasteiger partial charge on any atom is 0.202 e. The number of aliphatic imine (C=N–C) groups is 2. The van der Waals surface area contributed by atoms with Gasteiger partial charge in [0.15, 0.2) is 11.5 Å². The van der Waals surface area contributed by atoms with E-state index in [9.17, 15) is 10.2 Å². The van der Waals surface area contributed by atoms with Gasteiger partial charge in [-0.3, -0.25) is 5.32 Å². The van der Waals surface area contributed by atoms with Crippen molar-refractivity contribution in [2.75, 3.05) is 27.7 Å². The summed E-state index contributed by atoms with van der Waals surface area (Å²) in [5.74, 6) is 1.36. The maximum absolute atomic E-state index is 9.52. The molecule has 0 saturated heterocycles. The monoisotopic (exact) mass is 305 g/mol. The van der Waals surface area contributed by atoms with Crippen molar-refractivity contribution in [3.05, 3.63) is 23.8 Å². The Morgan fingerprint density at radius 2 is 1.77 bits per heavy atom. The van der Waals surface area contributed by atoms with Crippen molar-refractivity contribution >= 4 is 11.9 Å². The maximum atomic E-state index is 9.52. The third-order valence-electron chi connectivity index (χ3n) is 3.40. The molecule has 1 heterocycles. The molecule has 1 aliphatic rings. The van der Waals surface area contributed by atoms with Crippen LogP contribution in [0.5, 0.6) is 11.5 Å². The second kappa shape index (κ2) is 6.55. The number of aromatic hydroxyl groups is 2. The molecule has 0 saturated carbocycles. The van der Waals surface area contributed by atoms with E-state index in [2.05, 4.69) is 15.3 Å². The molecule has 1 atom stereocenters. The molecule has 7 heteroatoms. The highest BCUT2D eigenvalue weighted by atomic mass is 16.3. The molecular formula is C15H23N5O2. The van der Waals surface area contributed by atoms with Crippen molar-refractivity contribution in [1.82, 2.24) is 15.1 Å². The standard InChI is InChI=1S/C15H23N5O2/c1-10-16-14(19(2)3)18-15(17-10)20(4)8-7-11-5-6-12(21)13(22)9-11/h5-6,9-10,21-22H,7-8H2,1-4H3,(H,16,17,18). The topological polar surface area (TPSA) is 83.7 Å². The van der Waals surface area contributed by atoms with Crippen LogP contribution in [-0.2, 0) is 6.42 Å². The highest BCUT2D eigenvalue weighted by Crippen LogP contribution is 2.25. The van der Waals surface area contributed by atoms with Crippen LogP contribution < -0.4 is 5.32 Å². The van der Waals surface area contributed by atoms with E-state index in [4.69, 9.17) is 0 Å². The average molecular weight is 305 g/mol. The van der Waals surface area contributed by atoms with Crippen molar-refractivity contribution < 1.29 is 10.2 Å². The Bertz CT molecular complexity index is 598. The zero-order valence-corrected chi connectivity index (χ0v) is 13.4. The van der Waals surface area contributed by atoms with Gasteiger partial charge in [0.05, 0.1) is 0 Å². The Balaban J connectivity index is 1.97. The number of phenols is 2. The molecule has 7 nitrogen and oxygen atoms in total. The van der Waals surface area contributed by atoms with Crippen LogP contribution in [0.2, 0.25) is 0 Å². The number of nitrogens with zero attached hydrogens (tertiary/aromatic N) is 4.